The molecule has 0 heterocycles. The van der Waals surface area contributed by atoms with Gasteiger partial charge in [0.25, 0.3) is 0 Å². The number of unbranched alkanes of at least 4 members (excludes halogenated alkanes) is 4. The Balaban J connectivity index is 3.07. The molecule has 1 heteroatoms. The second-order valence-corrected chi connectivity index (χ2v) is 3.51. The van der Waals surface area contributed by atoms with Crippen molar-refractivity contribution in [2.24, 2.45) is 0 Å². The van der Waals surface area contributed by atoms with Crippen molar-refractivity contribution in [3.05, 3.63) is 24.3 Å². The molecule has 0 radical (unpaired) electrons. The van der Waals surface area contributed by atoms with Crippen molar-refractivity contribution in [3.8, 4) is 0 Å². The summed E-state index contributed by atoms with van der Waals surface area (Å²) in [5.41, 5.74) is 0. The number of hydrogen-bond acceptors (Lipinski definition) is 0. The molecular weight excluding hydrogens is 212 g/mol. The minimum atomic E-state index is 0.952. The summed E-state index contributed by atoms with van der Waals surface area (Å²) in [7, 11) is 0. The van der Waals surface area contributed by atoms with Crippen molar-refractivity contribution in [3.63, 3.8) is 0 Å². The van der Waals surface area contributed by atoms with E-state index in [1.165, 1.54) is 32.1 Å². The van der Waals surface area contributed by atoms with Gasteiger partial charge in [-0.2, -0.15) is 0 Å². The van der Waals surface area contributed by atoms with Gasteiger partial charge in [-0.05, 0) is 12.8 Å². The van der Waals surface area contributed by atoms with E-state index in [1.807, 2.05) is 0 Å². The summed E-state index contributed by atoms with van der Waals surface area (Å²) in [4.78, 5) is 0. The van der Waals surface area contributed by atoms with E-state index in [-0.39, 0.29) is 0 Å². The predicted molar refractivity (Wildman–Crippen MR) is 60.8 cm³/mol. The van der Waals surface area contributed by atoms with Crippen LogP contribution in [0.4, 0.5) is 0 Å². The Kier molecular flexibility index (Phi) is 10.9. The summed E-state index contributed by atoms with van der Waals surface area (Å²) < 4.78 is 0. The van der Waals surface area contributed by atoms with Crippen LogP contribution in [-0.4, -0.2) is 5.33 Å². The van der Waals surface area contributed by atoms with Gasteiger partial charge in [0.05, 0.1) is 0 Å². The van der Waals surface area contributed by atoms with Crippen LogP contribution in [0.3, 0.4) is 0 Å². The number of halogens is 1. The van der Waals surface area contributed by atoms with Crippen LogP contribution in [0.1, 0.15) is 39.0 Å². The highest BCUT2D eigenvalue weighted by Crippen LogP contribution is 2.02. The number of hydrogen-bond donors (Lipinski definition) is 0. The van der Waals surface area contributed by atoms with Crippen LogP contribution in [-0.2, 0) is 0 Å². The zero-order valence-electron chi connectivity index (χ0n) is 7.93. The molecule has 0 unspecified atom stereocenters. The molecular formula is C11H19Br. The topological polar surface area (TPSA) is 0 Å². The van der Waals surface area contributed by atoms with Gasteiger partial charge in [0.1, 0.15) is 0 Å². The van der Waals surface area contributed by atoms with Crippen molar-refractivity contribution in [1.29, 1.82) is 0 Å². The Hall–Kier alpha value is -0.0400. The highest BCUT2D eigenvalue weighted by molar-refractivity contribution is 9.09. The molecule has 0 N–H and O–H groups in total. The van der Waals surface area contributed by atoms with Gasteiger partial charge in [0.2, 0.25) is 0 Å². The predicted octanol–water partition coefficient (Wildman–Crippen LogP) is 4.46. The van der Waals surface area contributed by atoms with E-state index in [0.717, 1.165) is 5.33 Å². The Bertz CT molecular complexity index is 125. The van der Waals surface area contributed by atoms with Crippen LogP contribution in [0, 0.1) is 0 Å². The van der Waals surface area contributed by atoms with Gasteiger partial charge in [-0.3, -0.25) is 0 Å². The molecule has 0 fully saturated rings. The largest absolute Gasteiger partial charge is 0.0883 e. The zero-order valence-corrected chi connectivity index (χ0v) is 9.52. The van der Waals surface area contributed by atoms with Crippen LogP contribution < -0.4 is 0 Å². The SMILES string of the molecule is CCCCCC/C=C/C=C\CBr. The lowest BCUT2D eigenvalue weighted by molar-refractivity contribution is 0.674. The summed E-state index contributed by atoms with van der Waals surface area (Å²) in [5, 5.41) is 0.952. The zero-order chi connectivity index (χ0) is 9.07. The van der Waals surface area contributed by atoms with E-state index >= 15 is 0 Å². The minimum Gasteiger partial charge on any atom is -0.0883 e. The number of rotatable bonds is 7. The first-order valence-electron chi connectivity index (χ1n) is 4.79. The quantitative estimate of drug-likeness (QED) is 0.344. The molecule has 70 valence electrons. The van der Waals surface area contributed by atoms with E-state index in [4.69, 9.17) is 0 Å². The van der Waals surface area contributed by atoms with E-state index < -0.39 is 0 Å². The van der Waals surface area contributed by atoms with Gasteiger partial charge in [0, 0.05) is 5.33 Å². The summed E-state index contributed by atoms with van der Waals surface area (Å²) in [6.07, 6.45) is 15.2. The van der Waals surface area contributed by atoms with Crippen molar-refractivity contribution >= 4 is 15.9 Å². The fourth-order valence-electron chi connectivity index (χ4n) is 0.994. The third-order valence-corrected chi connectivity index (χ3v) is 2.07. The molecule has 12 heavy (non-hydrogen) atoms. The first-order chi connectivity index (χ1) is 5.91. The molecule has 0 atom stereocenters. The van der Waals surface area contributed by atoms with Crippen molar-refractivity contribution < 1.29 is 0 Å². The maximum atomic E-state index is 3.33. The first-order valence-corrected chi connectivity index (χ1v) is 5.91. The van der Waals surface area contributed by atoms with Crippen molar-refractivity contribution in [2.75, 3.05) is 5.33 Å². The van der Waals surface area contributed by atoms with Crippen LogP contribution in [0.5, 0.6) is 0 Å². The minimum absolute atomic E-state index is 0.952. The maximum Gasteiger partial charge on any atom is 0.0215 e. The van der Waals surface area contributed by atoms with E-state index in [1.54, 1.807) is 0 Å². The van der Waals surface area contributed by atoms with E-state index in [9.17, 15) is 0 Å². The molecule has 0 rings (SSSR count). The molecule has 0 nitrogen and oxygen atoms in total. The molecule has 0 bridgehead atoms. The van der Waals surface area contributed by atoms with Crippen molar-refractivity contribution in [1.82, 2.24) is 0 Å². The average molecular weight is 231 g/mol. The third-order valence-electron chi connectivity index (χ3n) is 1.70. The molecule has 0 amide bonds. The summed E-state index contributed by atoms with van der Waals surface area (Å²) in [6, 6.07) is 0. The fourth-order valence-corrected chi connectivity index (χ4v) is 1.21. The molecule has 0 aliphatic carbocycles. The lowest BCUT2D eigenvalue weighted by Gasteiger charge is -1.92. The second-order valence-electron chi connectivity index (χ2n) is 2.86. The van der Waals surface area contributed by atoms with Gasteiger partial charge in [-0.25, -0.2) is 0 Å². The monoisotopic (exact) mass is 230 g/mol. The lowest BCUT2D eigenvalue weighted by Crippen LogP contribution is -1.73. The summed E-state index contributed by atoms with van der Waals surface area (Å²) in [5.74, 6) is 0. The van der Waals surface area contributed by atoms with Crippen molar-refractivity contribution in [2.45, 2.75) is 39.0 Å². The second kappa shape index (κ2) is 11.0. The fraction of sp³-hybridized carbons (Fsp3) is 0.636. The highest BCUT2D eigenvalue weighted by Gasteiger charge is 1.82. The Labute approximate surface area is 84.9 Å². The molecule has 0 spiro atoms. The summed E-state index contributed by atoms with van der Waals surface area (Å²) in [6.45, 7) is 2.24. The van der Waals surface area contributed by atoms with Gasteiger partial charge < -0.3 is 0 Å². The van der Waals surface area contributed by atoms with Crippen LogP contribution >= 0.6 is 15.9 Å². The van der Waals surface area contributed by atoms with Crippen LogP contribution in [0.15, 0.2) is 24.3 Å². The smallest absolute Gasteiger partial charge is 0.0215 e. The summed E-state index contributed by atoms with van der Waals surface area (Å²) >= 11 is 3.33. The van der Waals surface area contributed by atoms with Gasteiger partial charge in [-0.15, -0.1) is 0 Å². The Morgan fingerprint density at radius 3 is 2.42 bits per heavy atom. The number of allylic oxidation sites excluding steroid dienone is 4. The normalized spacial score (nSPS) is 11.8. The third kappa shape index (κ3) is 9.96. The molecule has 0 aromatic heterocycles. The Morgan fingerprint density at radius 1 is 1.00 bits per heavy atom. The first kappa shape index (κ1) is 12.0. The molecule has 0 aliphatic rings. The number of alkyl halides is 1. The van der Waals surface area contributed by atoms with Crippen LogP contribution in [0.2, 0.25) is 0 Å². The highest BCUT2D eigenvalue weighted by atomic mass is 79.9. The van der Waals surface area contributed by atoms with E-state index in [2.05, 4.69) is 47.2 Å². The molecule has 0 saturated heterocycles. The van der Waals surface area contributed by atoms with Gasteiger partial charge >= 0.3 is 0 Å². The Morgan fingerprint density at radius 2 is 1.75 bits per heavy atom. The lowest BCUT2D eigenvalue weighted by atomic mass is 10.1. The maximum absolute atomic E-state index is 3.33. The average Bonchev–Trinajstić information content (AvgIpc) is 2.10. The molecule has 0 aromatic carbocycles. The van der Waals surface area contributed by atoms with Crippen LogP contribution in [0.25, 0.3) is 0 Å². The molecule has 0 aromatic rings. The van der Waals surface area contributed by atoms with Gasteiger partial charge in [0.15, 0.2) is 0 Å². The molecule has 0 saturated carbocycles. The molecule has 0 aliphatic heterocycles. The van der Waals surface area contributed by atoms with E-state index in [0.29, 0.717) is 0 Å². The van der Waals surface area contributed by atoms with Gasteiger partial charge in [-0.1, -0.05) is 66.4 Å². The standard InChI is InChI=1S/C11H19Br/c1-2-3-4-5-6-7-8-9-10-11-12/h7-10H,2-6,11H2,1H3/b8-7+,10-9-.